The highest BCUT2D eigenvalue weighted by Gasteiger charge is 2.19. The molecule has 0 saturated heterocycles. The highest BCUT2D eigenvalue weighted by atomic mass is 19.1. The minimum absolute atomic E-state index is 0.159. The Labute approximate surface area is 117 Å². The molecule has 108 valence electrons. The maximum absolute atomic E-state index is 13.7. The van der Waals surface area contributed by atoms with Gasteiger partial charge in [-0.25, -0.2) is 8.78 Å². The second-order valence-electron chi connectivity index (χ2n) is 4.83. The Morgan fingerprint density at radius 1 is 1.25 bits per heavy atom. The van der Waals surface area contributed by atoms with E-state index in [0.717, 1.165) is 31.7 Å². The number of rotatable bonds is 6. The Morgan fingerprint density at radius 3 is 2.70 bits per heavy atom. The minimum atomic E-state index is -0.682. The van der Waals surface area contributed by atoms with Gasteiger partial charge in [0.05, 0.1) is 5.56 Å². The molecule has 0 radical (unpaired) electrons. The number of unbranched alkanes of at least 4 members (excludes halogenated alkanes) is 1. The van der Waals surface area contributed by atoms with Gasteiger partial charge in [0.25, 0.3) is 0 Å². The first-order valence-electron chi connectivity index (χ1n) is 6.94. The van der Waals surface area contributed by atoms with E-state index in [1.165, 1.54) is 12.1 Å². The first-order valence-corrected chi connectivity index (χ1v) is 6.94. The van der Waals surface area contributed by atoms with E-state index in [0.29, 0.717) is 5.89 Å². The summed E-state index contributed by atoms with van der Waals surface area (Å²) >= 11 is 0. The maximum atomic E-state index is 13.7. The van der Waals surface area contributed by atoms with Crippen LogP contribution in [0.25, 0.3) is 11.4 Å². The van der Waals surface area contributed by atoms with Crippen molar-refractivity contribution in [2.24, 2.45) is 0 Å². The second kappa shape index (κ2) is 6.59. The Bertz CT molecular complexity index is 569. The van der Waals surface area contributed by atoms with E-state index in [1.807, 2.05) is 0 Å². The van der Waals surface area contributed by atoms with Crippen LogP contribution in [0, 0.1) is 11.6 Å². The molecule has 0 N–H and O–H groups in total. The fourth-order valence-electron chi connectivity index (χ4n) is 2.13. The summed E-state index contributed by atoms with van der Waals surface area (Å²) in [4.78, 5) is 4.25. The third kappa shape index (κ3) is 3.21. The largest absolute Gasteiger partial charge is 0.339 e. The van der Waals surface area contributed by atoms with E-state index < -0.39 is 11.6 Å². The number of aromatic nitrogens is 2. The van der Waals surface area contributed by atoms with E-state index in [2.05, 4.69) is 24.0 Å². The zero-order valence-corrected chi connectivity index (χ0v) is 11.7. The average molecular weight is 280 g/mol. The summed E-state index contributed by atoms with van der Waals surface area (Å²) in [5.41, 5.74) is 0.159. The molecule has 0 aliphatic rings. The molecule has 1 atom stereocenters. The first kappa shape index (κ1) is 14.6. The van der Waals surface area contributed by atoms with Gasteiger partial charge in [0.2, 0.25) is 11.7 Å². The van der Waals surface area contributed by atoms with Crippen LogP contribution in [0.4, 0.5) is 8.78 Å². The molecule has 1 aromatic carbocycles. The summed E-state index contributed by atoms with van der Waals surface area (Å²) in [6.07, 6.45) is 4.05. The molecule has 1 aromatic heterocycles. The van der Waals surface area contributed by atoms with Gasteiger partial charge in [-0.05, 0) is 25.0 Å². The summed E-state index contributed by atoms with van der Waals surface area (Å²) in [5, 5.41) is 3.81. The maximum Gasteiger partial charge on any atom is 0.230 e. The van der Waals surface area contributed by atoms with Gasteiger partial charge in [0.1, 0.15) is 11.6 Å². The summed E-state index contributed by atoms with van der Waals surface area (Å²) in [7, 11) is 0. The first-order chi connectivity index (χ1) is 9.65. The molecule has 0 aliphatic carbocycles. The molecule has 0 unspecified atom stereocenters. The predicted molar refractivity (Wildman–Crippen MR) is 72.2 cm³/mol. The van der Waals surface area contributed by atoms with Crippen LogP contribution in [0.1, 0.15) is 51.3 Å². The van der Waals surface area contributed by atoms with Crippen LogP contribution in [-0.4, -0.2) is 10.1 Å². The predicted octanol–water partition coefficient (Wildman–Crippen LogP) is 4.70. The third-order valence-electron chi connectivity index (χ3n) is 3.36. The number of hydrogen-bond donors (Lipinski definition) is 0. The Hall–Kier alpha value is -1.78. The zero-order valence-electron chi connectivity index (χ0n) is 11.7. The Morgan fingerprint density at radius 2 is 2.05 bits per heavy atom. The van der Waals surface area contributed by atoms with Gasteiger partial charge in [0.15, 0.2) is 0 Å². The molecule has 3 nitrogen and oxygen atoms in total. The summed E-state index contributed by atoms with van der Waals surface area (Å²) in [5.74, 6) is -0.407. The molecule has 0 amide bonds. The van der Waals surface area contributed by atoms with Crippen molar-refractivity contribution in [3.05, 3.63) is 35.7 Å². The van der Waals surface area contributed by atoms with Crippen molar-refractivity contribution < 1.29 is 13.3 Å². The van der Waals surface area contributed by atoms with Gasteiger partial charge < -0.3 is 4.52 Å². The van der Waals surface area contributed by atoms with Crippen LogP contribution in [-0.2, 0) is 0 Å². The van der Waals surface area contributed by atoms with Crippen LogP contribution >= 0.6 is 0 Å². The lowest BCUT2D eigenvalue weighted by Gasteiger charge is -2.08. The molecular weight excluding hydrogens is 262 g/mol. The minimum Gasteiger partial charge on any atom is -0.339 e. The molecule has 1 heterocycles. The van der Waals surface area contributed by atoms with Gasteiger partial charge in [-0.1, -0.05) is 31.8 Å². The van der Waals surface area contributed by atoms with Gasteiger partial charge in [-0.2, -0.15) is 4.98 Å². The molecule has 0 spiro atoms. The van der Waals surface area contributed by atoms with Crippen molar-refractivity contribution >= 4 is 0 Å². The van der Waals surface area contributed by atoms with Crippen molar-refractivity contribution in [2.75, 3.05) is 0 Å². The van der Waals surface area contributed by atoms with E-state index >= 15 is 0 Å². The SMILES string of the molecule is CCCC[C@@H](CC)c1nc(-c2ccc(F)cc2F)no1. The van der Waals surface area contributed by atoms with E-state index in [-0.39, 0.29) is 17.3 Å². The molecule has 2 rings (SSSR count). The van der Waals surface area contributed by atoms with Gasteiger partial charge in [-0.15, -0.1) is 0 Å². The van der Waals surface area contributed by atoms with Crippen LogP contribution in [0.3, 0.4) is 0 Å². The van der Waals surface area contributed by atoms with Gasteiger partial charge in [-0.3, -0.25) is 0 Å². The van der Waals surface area contributed by atoms with E-state index in [9.17, 15) is 8.78 Å². The number of hydrogen-bond acceptors (Lipinski definition) is 3. The van der Waals surface area contributed by atoms with Gasteiger partial charge >= 0.3 is 0 Å². The van der Waals surface area contributed by atoms with Crippen molar-refractivity contribution in [1.29, 1.82) is 0 Å². The third-order valence-corrected chi connectivity index (χ3v) is 3.36. The van der Waals surface area contributed by atoms with Crippen molar-refractivity contribution in [3.63, 3.8) is 0 Å². The van der Waals surface area contributed by atoms with Crippen LogP contribution in [0.15, 0.2) is 22.7 Å². The van der Waals surface area contributed by atoms with Crippen LogP contribution < -0.4 is 0 Å². The molecule has 5 heteroatoms. The summed E-state index contributed by atoms with van der Waals surface area (Å²) in [6.45, 7) is 4.18. The average Bonchev–Trinajstić information content (AvgIpc) is 2.89. The molecule has 20 heavy (non-hydrogen) atoms. The van der Waals surface area contributed by atoms with Crippen molar-refractivity contribution in [1.82, 2.24) is 10.1 Å². The topological polar surface area (TPSA) is 38.9 Å². The van der Waals surface area contributed by atoms with Gasteiger partial charge in [0, 0.05) is 12.0 Å². The lowest BCUT2D eigenvalue weighted by Crippen LogP contribution is -1.98. The molecule has 0 fully saturated rings. The zero-order chi connectivity index (χ0) is 14.5. The standard InChI is InChI=1S/C15H18F2N2O/c1-3-5-6-10(4-2)15-18-14(19-20-15)12-8-7-11(16)9-13(12)17/h7-10H,3-6H2,1-2H3/t10-/m1/s1. The number of halogens is 2. The Kier molecular flexibility index (Phi) is 4.82. The molecule has 0 saturated carbocycles. The smallest absolute Gasteiger partial charge is 0.230 e. The highest BCUT2D eigenvalue weighted by Crippen LogP contribution is 2.27. The summed E-state index contributed by atoms with van der Waals surface area (Å²) < 4.78 is 31.8. The summed E-state index contributed by atoms with van der Waals surface area (Å²) in [6, 6.07) is 3.33. The van der Waals surface area contributed by atoms with E-state index in [1.54, 1.807) is 0 Å². The Balaban J connectivity index is 2.23. The lowest BCUT2D eigenvalue weighted by atomic mass is 9.99. The quantitative estimate of drug-likeness (QED) is 0.770. The van der Waals surface area contributed by atoms with Crippen LogP contribution in [0.5, 0.6) is 0 Å². The molecule has 2 aromatic rings. The normalized spacial score (nSPS) is 12.6. The fraction of sp³-hybridized carbons (Fsp3) is 0.467. The highest BCUT2D eigenvalue weighted by molar-refractivity contribution is 5.55. The molecule has 0 aliphatic heterocycles. The number of benzene rings is 1. The second-order valence-corrected chi connectivity index (χ2v) is 4.83. The molecular formula is C15H18F2N2O. The fourth-order valence-corrected chi connectivity index (χ4v) is 2.13. The van der Waals surface area contributed by atoms with Crippen LogP contribution in [0.2, 0.25) is 0 Å². The van der Waals surface area contributed by atoms with Crippen molar-refractivity contribution in [2.45, 2.75) is 45.4 Å². The number of nitrogens with zero attached hydrogens (tertiary/aromatic N) is 2. The van der Waals surface area contributed by atoms with Crippen molar-refractivity contribution in [3.8, 4) is 11.4 Å². The monoisotopic (exact) mass is 280 g/mol. The lowest BCUT2D eigenvalue weighted by molar-refractivity contribution is 0.340. The molecule has 0 bridgehead atoms. The van der Waals surface area contributed by atoms with E-state index in [4.69, 9.17) is 4.52 Å².